The third-order valence-electron chi connectivity index (χ3n) is 3.58. The summed E-state index contributed by atoms with van der Waals surface area (Å²) < 4.78 is 13.2. The molecular weight excluding hydrogens is 251 g/mol. The van der Waals surface area contributed by atoms with Gasteiger partial charge < -0.3 is 0 Å². The van der Waals surface area contributed by atoms with Gasteiger partial charge in [0.1, 0.15) is 5.82 Å². The molecule has 20 heavy (non-hydrogen) atoms. The first-order valence-corrected chi connectivity index (χ1v) is 6.79. The summed E-state index contributed by atoms with van der Waals surface area (Å²) in [5, 5.41) is 0. The average Bonchev–Trinajstić information content (AvgIpc) is 2.36. The van der Waals surface area contributed by atoms with E-state index in [1.54, 1.807) is 6.07 Å². The third kappa shape index (κ3) is 3.44. The van der Waals surface area contributed by atoms with Crippen LogP contribution in [0.3, 0.4) is 0 Å². The second-order valence-electron chi connectivity index (χ2n) is 5.42. The van der Waals surface area contributed by atoms with Crippen molar-refractivity contribution >= 4 is 0 Å². The van der Waals surface area contributed by atoms with Crippen LogP contribution < -0.4 is 11.3 Å². The van der Waals surface area contributed by atoms with E-state index in [0.29, 0.717) is 0 Å². The molecule has 0 aliphatic carbocycles. The van der Waals surface area contributed by atoms with Crippen molar-refractivity contribution in [2.45, 2.75) is 33.2 Å². The molecule has 1 atom stereocenters. The van der Waals surface area contributed by atoms with Crippen LogP contribution in [-0.2, 0) is 6.42 Å². The average molecular weight is 272 g/mol. The molecular formula is C17H21FN2. The molecule has 3 N–H and O–H groups in total. The lowest BCUT2D eigenvalue weighted by atomic mass is 9.94. The fraction of sp³-hybridized carbons (Fsp3) is 0.294. The number of aryl methyl sites for hydroxylation is 3. The quantitative estimate of drug-likeness (QED) is 0.660. The number of halogens is 1. The first-order valence-electron chi connectivity index (χ1n) is 6.79. The predicted molar refractivity (Wildman–Crippen MR) is 80.8 cm³/mol. The van der Waals surface area contributed by atoms with Crippen LogP contribution in [0.25, 0.3) is 0 Å². The van der Waals surface area contributed by atoms with E-state index in [4.69, 9.17) is 5.84 Å². The molecule has 0 aliphatic heterocycles. The fourth-order valence-electron chi connectivity index (χ4n) is 2.59. The molecule has 2 aromatic rings. The summed E-state index contributed by atoms with van der Waals surface area (Å²) in [6, 6.07) is 11.3. The van der Waals surface area contributed by atoms with E-state index >= 15 is 0 Å². The van der Waals surface area contributed by atoms with Gasteiger partial charge in [-0.3, -0.25) is 11.3 Å². The summed E-state index contributed by atoms with van der Waals surface area (Å²) in [6.45, 7) is 6.08. The number of hydrogen-bond acceptors (Lipinski definition) is 2. The highest BCUT2D eigenvalue weighted by Gasteiger charge is 2.13. The van der Waals surface area contributed by atoms with Gasteiger partial charge in [0, 0.05) is 0 Å². The molecule has 0 radical (unpaired) electrons. The molecule has 0 saturated carbocycles. The van der Waals surface area contributed by atoms with E-state index in [1.807, 2.05) is 13.0 Å². The van der Waals surface area contributed by atoms with Crippen LogP contribution in [0.15, 0.2) is 36.4 Å². The van der Waals surface area contributed by atoms with E-state index in [0.717, 1.165) is 23.1 Å². The van der Waals surface area contributed by atoms with Crippen LogP contribution in [0, 0.1) is 26.6 Å². The second-order valence-corrected chi connectivity index (χ2v) is 5.42. The standard InChI is InChI=1S/C17H21FN2/c1-11-6-12(2)8-15(7-11)17(20-19)10-14-4-5-16(18)9-13(14)3/h4-9,17,20H,10,19H2,1-3H3. The first-order chi connectivity index (χ1) is 9.49. The molecule has 2 rings (SSSR count). The minimum Gasteiger partial charge on any atom is -0.271 e. The Hall–Kier alpha value is -1.71. The summed E-state index contributed by atoms with van der Waals surface area (Å²) in [5.74, 6) is 5.51. The minimum absolute atomic E-state index is 0.0257. The van der Waals surface area contributed by atoms with Crippen molar-refractivity contribution in [3.05, 3.63) is 70.0 Å². The van der Waals surface area contributed by atoms with Gasteiger partial charge in [0.15, 0.2) is 0 Å². The highest BCUT2D eigenvalue weighted by Crippen LogP contribution is 2.22. The molecule has 0 aliphatic rings. The van der Waals surface area contributed by atoms with Gasteiger partial charge in [-0.1, -0.05) is 35.4 Å². The summed E-state index contributed by atoms with van der Waals surface area (Å²) in [5.41, 5.74) is 8.53. The molecule has 0 heterocycles. The number of hydrazine groups is 1. The summed E-state index contributed by atoms with van der Waals surface area (Å²) in [6.07, 6.45) is 0.742. The van der Waals surface area contributed by atoms with Crippen LogP contribution in [0.5, 0.6) is 0 Å². The molecule has 3 heteroatoms. The van der Waals surface area contributed by atoms with Crippen LogP contribution in [0.2, 0.25) is 0 Å². The largest absolute Gasteiger partial charge is 0.271 e. The summed E-state index contributed by atoms with van der Waals surface area (Å²) in [7, 11) is 0. The molecule has 1 unspecified atom stereocenters. The second kappa shape index (κ2) is 6.16. The van der Waals surface area contributed by atoms with Crippen molar-refractivity contribution in [3.63, 3.8) is 0 Å². The highest BCUT2D eigenvalue weighted by molar-refractivity contribution is 5.33. The van der Waals surface area contributed by atoms with Gasteiger partial charge in [-0.2, -0.15) is 0 Å². The lowest BCUT2D eigenvalue weighted by molar-refractivity contribution is 0.549. The molecule has 0 bridgehead atoms. The van der Waals surface area contributed by atoms with Crippen LogP contribution in [0.4, 0.5) is 4.39 Å². The maximum atomic E-state index is 13.2. The Kier molecular flexibility index (Phi) is 4.53. The molecule has 106 valence electrons. The Morgan fingerprint density at radius 3 is 2.25 bits per heavy atom. The Morgan fingerprint density at radius 2 is 1.70 bits per heavy atom. The lowest BCUT2D eigenvalue weighted by Gasteiger charge is -2.19. The van der Waals surface area contributed by atoms with E-state index in [9.17, 15) is 4.39 Å². The molecule has 2 nitrogen and oxygen atoms in total. The van der Waals surface area contributed by atoms with Gasteiger partial charge in [-0.15, -0.1) is 0 Å². The zero-order valence-electron chi connectivity index (χ0n) is 12.2. The van der Waals surface area contributed by atoms with Gasteiger partial charge in [0.25, 0.3) is 0 Å². The smallest absolute Gasteiger partial charge is 0.123 e. The van der Waals surface area contributed by atoms with Crippen molar-refractivity contribution in [1.82, 2.24) is 5.43 Å². The van der Waals surface area contributed by atoms with Gasteiger partial charge in [0.05, 0.1) is 6.04 Å². The predicted octanol–water partition coefficient (Wildman–Crippen LogP) is 3.50. The molecule has 0 fully saturated rings. The van der Waals surface area contributed by atoms with Crippen LogP contribution in [-0.4, -0.2) is 0 Å². The number of nitrogens with one attached hydrogen (secondary N) is 1. The number of benzene rings is 2. The highest BCUT2D eigenvalue weighted by atomic mass is 19.1. The van der Waals surface area contributed by atoms with Crippen molar-refractivity contribution in [3.8, 4) is 0 Å². The minimum atomic E-state index is -0.199. The van der Waals surface area contributed by atoms with E-state index in [2.05, 4.69) is 37.5 Å². The van der Waals surface area contributed by atoms with Crippen molar-refractivity contribution < 1.29 is 4.39 Å². The number of rotatable bonds is 4. The molecule has 0 amide bonds. The van der Waals surface area contributed by atoms with Gasteiger partial charge in [-0.25, -0.2) is 4.39 Å². The number of nitrogens with two attached hydrogens (primary N) is 1. The molecule has 0 spiro atoms. The van der Waals surface area contributed by atoms with Crippen molar-refractivity contribution in [2.24, 2.45) is 5.84 Å². The Labute approximate surface area is 119 Å². The molecule has 0 saturated heterocycles. The third-order valence-corrected chi connectivity index (χ3v) is 3.58. The topological polar surface area (TPSA) is 38.0 Å². The fourth-order valence-corrected chi connectivity index (χ4v) is 2.59. The van der Waals surface area contributed by atoms with Crippen LogP contribution in [0.1, 0.15) is 33.9 Å². The zero-order chi connectivity index (χ0) is 14.7. The summed E-state index contributed by atoms with van der Waals surface area (Å²) >= 11 is 0. The maximum Gasteiger partial charge on any atom is 0.123 e. The first kappa shape index (κ1) is 14.7. The van der Waals surface area contributed by atoms with Gasteiger partial charge in [-0.05, 0) is 56.0 Å². The van der Waals surface area contributed by atoms with Crippen molar-refractivity contribution in [2.75, 3.05) is 0 Å². The normalized spacial score (nSPS) is 12.4. The Morgan fingerprint density at radius 1 is 1.05 bits per heavy atom. The lowest BCUT2D eigenvalue weighted by Crippen LogP contribution is -2.29. The Balaban J connectivity index is 2.28. The van der Waals surface area contributed by atoms with Crippen LogP contribution >= 0.6 is 0 Å². The molecule has 2 aromatic carbocycles. The van der Waals surface area contributed by atoms with E-state index in [1.165, 1.54) is 17.2 Å². The van der Waals surface area contributed by atoms with Gasteiger partial charge in [0.2, 0.25) is 0 Å². The maximum absolute atomic E-state index is 13.2. The van der Waals surface area contributed by atoms with Crippen molar-refractivity contribution in [1.29, 1.82) is 0 Å². The van der Waals surface area contributed by atoms with E-state index in [-0.39, 0.29) is 11.9 Å². The van der Waals surface area contributed by atoms with E-state index < -0.39 is 0 Å². The van der Waals surface area contributed by atoms with Gasteiger partial charge >= 0.3 is 0 Å². The molecule has 0 aromatic heterocycles. The SMILES string of the molecule is Cc1cc(C)cc(C(Cc2ccc(F)cc2C)NN)c1. The summed E-state index contributed by atoms with van der Waals surface area (Å²) in [4.78, 5) is 0. The Bertz CT molecular complexity index is 588. The monoisotopic (exact) mass is 272 g/mol. The number of hydrogen-bond donors (Lipinski definition) is 2. The zero-order valence-corrected chi connectivity index (χ0v) is 12.2.